The van der Waals surface area contributed by atoms with Crippen LogP contribution in [0, 0.1) is 52.3 Å². The van der Waals surface area contributed by atoms with Crippen molar-refractivity contribution in [2.24, 2.45) is 52.3 Å². The molecule has 0 amide bonds. The number of hydrogen-bond donors (Lipinski definition) is 0. The fourth-order valence-corrected chi connectivity index (χ4v) is 11.6. The zero-order valence-electron chi connectivity index (χ0n) is 21.5. The quantitative estimate of drug-likeness (QED) is 0.251. The first-order chi connectivity index (χ1) is 15.2. The first-order valence-corrected chi connectivity index (χ1v) is 15.4. The van der Waals surface area contributed by atoms with Gasteiger partial charge in [-0.15, -0.1) is 0 Å². The second-order valence-electron chi connectivity index (χ2n) is 13.6. The number of alkyl halides is 1. The standard InChI is InChI=1S/C29H49IO2/c1-19(2)7-6-8-20(3)23-11-12-24-22-10-9-21-17-29(31-15-16-32-29)26(30)18-28(21,5)25(22)13-14-27(23,24)4/h19-26H,6-18H2,1-5H3/t20-,21+,22+,23-,24+,25+,26-,27-,28+/m1/s1. The van der Waals surface area contributed by atoms with Crippen molar-refractivity contribution in [1.82, 2.24) is 0 Å². The third kappa shape index (κ3) is 3.85. The van der Waals surface area contributed by atoms with Crippen molar-refractivity contribution in [2.75, 3.05) is 13.2 Å². The summed E-state index contributed by atoms with van der Waals surface area (Å²) in [5, 5.41) is 0. The summed E-state index contributed by atoms with van der Waals surface area (Å²) >= 11 is 2.69. The molecule has 5 fully saturated rings. The molecule has 0 aromatic carbocycles. The Labute approximate surface area is 211 Å². The van der Waals surface area contributed by atoms with Gasteiger partial charge in [0.15, 0.2) is 5.79 Å². The average Bonchev–Trinajstić information content (AvgIpc) is 3.34. The van der Waals surface area contributed by atoms with Crippen LogP contribution in [0.5, 0.6) is 0 Å². The van der Waals surface area contributed by atoms with Crippen molar-refractivity contribution in [2.45, 2.75) is 115 Å². The zero-order valence-corrected chi connectivity index (χ0v) is 23.7. The SMILES string of the molecule is CC(C)CCC[C@@H](C)[C@H]1CC[C@H]2[C@@H]3CC[C@H]4CC5(OCCO5)[C@H](I)C[C@]4(C)[C@H]3CC[C@]12C. The van der Waals surface area contributed by atoms with E-state index in [9.17, 15) is 0 Å². The van der Waals surface area contributed by atoms with Gasteiger partial charge in [0, 0.05) is 6.42 Å². The van der Waals surface area contributed by atoms with Crippen molar-refractivity contribution in [3.63, 3.8) is 0 Å². The van der Waals surface area contributed by atoms with Crippen molar-refractivity contribution in [1.29, 1.82) is 0 Å². The molecule has 0 aromatic rings. The van der Waals surface area contributed by atoms with Crippen molar-refractivity contribution < 1.29 is 9.47 Å². The third-order valence-electron chi connectivity index (χ3n) is 11.7. The van der Waals surface area contributed by atoms with Gasteiger partial charge in [-0.05, 0) is 97.2 Å². The van der Waals surface area contributed by atoms with Gasteiger partial charge < -0.3 is 9.47 Å². The molecule has 9 atom stereocenters. The van der Waals surface area contributed by atoms with E-state index >= 15 is 0 Å². The molecule has 5 rings (SSSR count). The van der Waals surface area contributed by atoms with Crippen LogP contribution in [0.15, 0.2) is 0 Å². The van der Waals surface area contributed by atoms with E-state index in [4.69, 9.17) is 9.47 Å². The molecule has 4 aliphatic carbocycles. The van der Waals surface area contributed by atoms with E-state index in [0.717, 1.165) is 61.1 Å². The van der Waals surface area contributed by atoms with Crippen LogP contribution in [0.3, 0.4) is 0 Å². The molecule has 1 heterocycles. The molecule has 2 nitrogen and oxygen atoms in total. The Morgan fingerprint density at radius 3 is 2.28 bits per heavy atom. The van der Waals surface area contributed by atoms with Crippen LogP contribution in [0.1, 0.15) is 105 Å². The van der Waals surface area contributed by atoms with Crippen molar-refractivity contribution >= 4 is 22.6 Å². The van der Waals surface area contributed by atoms with E-state index in [1.807, 2.05) is 0 Å². The van der Waals surface area contributed by atoms with Crippen LogP contribution in [0.4, 0.5) is 0 Å². The summed E-state index contributed by atoms with van der Waals surface area (Å²) in [4.78, 5) is 0. The van der Waals surface area contributed by atoms with Gasteiger partial charge in [0.25, 0.3) is 0 Å². The van der Waals surface area contributed by atoms with E-state index in [1.165, 1.54) is 64.2 Å². The summed E-state index contributed by atoms with van der Waals surface area (Å²) < 4.78 is 13.0. The first kappa shape index (κ1) is 24.3. The smallest absolute Gasteiger partial charge is 0.180 e. The van der Waals surface area contributed by atoms with Gasteiger partial charge >= 0.3 is 0 Å². The lowest BCUT2D eigenvalue weighted by Gasteiger charge is -2.63. The Morgan fingerprint density at radius 2 is 1.56 bits per heavy atom. The molecule has 3 heteroatoms. The predicted molar refractivity (Wildman–Crippen MR) is 141 cm³/mol. The molecule has 5 aliphatic rings. The largest absolute Gasteiger partial charge is 0.346 e. The lowest BCUT2D eigenvalue weighted by atomic mass is 9.44. The molecule has 32 heavy (non-hydrogen) atoms. The Bertz CT molecular complexity index is 672. The number of fused-ring (bicyclic) bond motifs is 5. The lowest BCUT2D eigenvalue weighted by Crippen LogP contribution is -2.59. The summed E-state index contributed by atoms with van der Waals surface area (Å²) in [6.45, 7) is 14.4. The molecule has 0 bridgehead atoms. The molecule has 0 radical (unpaired) electrons. The molecule has 1 spiro atoms. The van der Waals surface area contributed by atoms with Gasteiger partial charge in [0.2, 0.25) is 0 Å². The average molecular weight is 557 g/mol. The summed E-state index contributed by atoms with van der Waals surface area (Å²) in [5.41, 5.74) is 1.11. The maximum atomic E-state index is 6.27. The van der Waals surface area contributed by atoms with Crippen molar-refractivity contribution in [3.8, 4) is 0 Å². The summed E-state index contributed by atoms with van der Waals surface area (Å²) in [6.07, 6.45) is 15.6. The predicted octanol–water partition coefficient (Wildman–Crippen LogP) is 8.26. The van der Waals surface area contributed by atoms with Crippen LogP contribution in [0.25, 0.3) is 0 Å². The molecule has 0 unspecified atom stereocenters. The molecular formula is C29H49IO2. The monoisotopic (exact) mass is 556 g/mol. The number of ether oxygens (including phenoxy) is 2. The van der Waals surface area contributed by atoms with Crippen LogP contribution >= 0.6 is 22.6 Å². The van der Waals surface area contributed by atoms with Gasteiger partial charge in [-0.2, -0.15) is 0 Å². The van der Waals surface area contributed by atoms with E-state index in [0.29, 0.717) is 14.8 Å². The Morgan fingerprint density at radius 1 is 0.844 bits per heavy atom. The molecule has 4 saturated carbocycles. The Hall–Kier alpha value is 0.650. The molecule has 0 N–H and O–H groups in total. The fourth-order valence-electron chi connectivity index (χ4n) is 9.99. The second-order valence-corrected chi connectivity index (χ2v) is 15.1. The molecule has 184 valence electrons. The minimum absolute atomic E-state index is 0.259. The first-order valence-electron chi connectivity index (χ1n) is 14.1. The van der Waals surface area contributed by atoms with E-state index in [-0.39, 0.29) is 5.79 Å². The van der Waals surface area contributed by atoms with E-state index in [2.05, 4.69) is 57.2 Å². The maximum absolute atomic E-state index is 6.27. The fraction of sp³-hybridized carbons (Fsp3) is 1.00. The highest BCUT2D eigenvalue weighted by Gasteiger charge is 2.64. The molecule has 1 saturated heterocycles. The topological polar surface area (TPSA) is 18.5 Å². The summed E-state index contributed by atoms with van der Waals surface area (Å²) in [7, 11) is 0. The summed E-state index contributed by atoms with van der Waals surface area (Å²) in [5.74, 6) is 6.18. The van der Waals surface area contributed by atoms with E-state index in [1.54, 1.807) is 0 Å². The Kier molecular flexibility index (Phi) is 6.81. The Balaban J connectivity index is 1.30. The zero-order chi connectivity index (χ0) is 22.7. The van der Waals surface area contributed by atoms with Gasteiger partial charge in [-0.25, -0.2) is 0 Å². The van der Waals surface area contributed by atoms with Crippen LogP contribution in [0.2, 0.25) is 0 Å². The highest BCUT2D eigenvalue weighted by molar-refractivity contribution is 14.1. The van der Waals surface area contributed by atoms with Gasteiger partial charge in [0.05, 0.1) is 17.1 Å². The van der Waals surface area contributed by atoms with Crippen LogP contribution in [-0.2, 0) is 9.47 Å². The highest BCUT2D eigenvalue weighted by Crippen LogP contribution is 2.69. The van der Waals surface area contributed by atoms with Gasteiger partial charge in [-0.1, -0.05) is 76.5 Å². The van der Waals surface area contributed by atoms with Crippen LogP contribution < -0.4 is 0 Å². The van der Waals surface area contributed by atoms with Gasteiger partial charge in [0.1, 0.15) is 0 Å². The maximum Gasteiger partial charge on any atom is 0.180 e. The second kappa shape index (κ2) is 8.95. The molecule has 0 aromatic heterocycles. The van der Waals surface area contributed by atoms with Gasteiger partial charge in [-0.3, -0.25) is 0 Å². The number of rotatable bonds is 5. The number of hydrogen-bond acceptors (Lipinski definition) is 2. The van der Waals surface area contributed by atoms with E-state index < -0.39 is 0 Å². The lowest BCUT2D eigenvalue weighted by molar-refractivity contribution is -0.222. The minimum Gasteiger partial charge on any atom is -0.346 e. The van der Waals surface area contributed by atoms with Crippen molar-refractivity contribution in [3.05, 3.63) is 0 Å². The minimum atomic E-state index is -0.259. The molecule has 1 aliphatic heterocycles. The normalized spacial score (nSPS) is 48.5. The third-order valence-corrected chi connectivity index (χ3v) is 13.1. The number of halogens is 1. The van der Waals surface area contributed by atoms with Crippen LogP contribution in [-0.4, -0.2) is 22.9 Å². The summed E-state index contributed by atoms with van der Waals surface area (Å²) in [6, 6.07) is 0. The highest BCUT2D eigenvalue weighted by atomic mass is 127. The molecular weight excluding hydrogens is 507 g/mol.